The lowest BCUT2D eigenvalue weighted by atomic mass is 10.1. The number of carbonyl (C=O) groups is 2. The number of aryl methyl sites for hydroxylation is 1. The first-order chi connectivity index (χ1) is 12.3. The Kier molecular flexibility index (Phi) is 4.89. The molecular weight excluding hydrogens is 328 g/mol. The van der Waals surface area contributed by atoms with Gasteiger partial charge in [0.05, 0.1) is 17.5 Å². The van der Waals surface area contributed by atoms with Gasteiger partial charge < -0.3 is 9.67 Å². The van der Waals surface area contributed by atoms with Crippen LogP contribution in [0, 0.1) is 6.92 Å². The second-order valence-electron chi connectivity index (χ2n) is 6.77. The smallest absolute Gasteiger partial charge is 0.305 e. The number of hydrogen-bond donors (Lipinski definition) is 1. The van der Waals surface area contributed by atoms with Gasteiger partial charge in [0.1, 0.15) is 5.82 Å². The van der Waals surface area contributed by atoms with Crippen LogP contribution in [0.4, 0.5) is 0 Å². The van der Waals surface area contributed by atoms with Gasteiger partial charge in [-0.3, -0.25) is 9.59 Å². The zero-order valence-electron chi connectivity index (χ0n) is 15.2. The number of imidazole rings is 1. The van der Waals surface area contributed by atoms with Crippen LogP contribution in [0.3, 0.4) is 0 Å². The van der Waals surface area contributed by atoms with E-state index in [4.69, 9.17) is 4.98 Å². The normalized spacial score (nSPS) is 12.3. The average molecular weight is 350 g/mol. The van der Waals surface area contributed by atoms with E-state index in [1.165, 1.54) is 12.5 Å². The molecule has 0 aliphatic carbocycles. The van der Waals surface area contributed by atoms with E-state index in [0.29, 0.717) is 12.0 Å². The molecule has 0 aliphatic heterocycles. The molecule has 5 heteroatoms. The van der Waals surface area contributed by atoms with Gasteiger partial charge in [0.2, 0.25) is 0 Å². The van der Waals surface area contributed by atoms with Crippen molar-refractivity contribution in [2.24, 2.45) is 0 Å². The summed E-state index contributed by atoms with van der Waals surface area (Å²) in [6.45, 7) is 5.45. The second kappa shape index (κ2) is 7.12. The maximum absolute atomic E-state index is 11.7. The van der Waals surface area contributed by atoms with Gasteiger partial charge >= 0.3 is 5.97 Å². The van der Waals surface area contributed by atoms with Gasteiger partial charge in [0.25, 0.3) is 0 Å². The summed E-state index contributed by atoms with van der Waals surface area (Å²) in [5.74, 6) is -0.0561. The largest absolute Gasteiger partial charge is 0.481 e. The third kappa shape index (κ3) is 3.67. The van der Waals surface area contributed by atoms with Crippen molar-refractivity contribution in [2.75, 3.05) is 0 Å². The molecule has 134 valence electrons. The first kappa shape index (κ1) is 17.9. The van der Waals surface area contributed by atoms with Crippen LogP contribution in [0.1, 0.15) is 53.6 Å². The number of rotatable bonds is 6. The monoisotopic (exact) mass is 350 g/mol. The van der Waals surface area contributed by atoms with Crippen LogP contribution >= 0.6 is 0 Å². The highest BCUT2D eigenvalue weighted by atomic mass is 16.4. The van der Waals surface area contributed by atoms with E-state index in [9.17, 15) is 14.7 Å². The lowest BCUT2D eigenvalue weighted by Crippen LogP contribution is -2.13. The van der Waals surface area contributed by atoms with Crippen LogP contribution in [0.2, 0.25) is 0 Å². The molecule has 0 aliphatic rings. The molecule has 5 nitrogen and oxygen atoms in total. The van der Waals surface area contributed by atoms with E-state index in [1.54, 1.807) is 12.1 Å². The Bertz CT molecular complexity index is 971. The predicted molar refractivity (Wildman–Crippen MR) is 101 cm³/mol. The van der Waals surface area contributed by atoms with Crippen LogP contribution in [0.25, 0.3) is 11.0 Å². The van der Waals surface area contributed by atoms with Crippen molar-refractivity contribution in [1.29, 1.82) is 0 Å². The predicted octanol–water partition coefficient (Wildman–Crippen LogP) is 4.17. The topological polar surface area (TPSA) is 72.2 Å². The molecule has 0 fully saturated rings. The average Bonchev–Trinajstić information content (AvgIpc) is 2.93. The number of aliphatic carboxylic acids is 1. The summed E-state index contributed by atoms with van der Waals surface area (Å²) < 4.78 is 1.98. The minimum atomic E-state index is -0.846. The summed E-state index contributed by atoms with van der Waals surface area (Å²) in [4.78, 5) is 27.6. The molecular formula is C21H22N2O3. The van der Waals surface area contributed by atoms with Crippen molar-refractivity contribution >= 4 is 22.8 Å². The Morgan fingerprint density at radius 1 is 1.15 bits per heavy atom. The molecule has 0 saturated carbocycles. The Balaban J connectivity index is 2.10. The Hall–Kier alpha value is -2.95. The van der Waals surface area contributed by atoms with Crippen LogP contribution in [-0.4, -0.2) is 26.4 Å². The van der Waals surface area contributed by atoms with Crippen LogP contribution in [0.5, 0.6) is 0 Å². The lowest BCUT2D eigenvalue weighted by molar-refractivity contribution is -0.137. The highest BCUT2D eigenvalue weighted by Gasteiger charge is 2.19. The molecule has 0 bridgehead atoms. The molecule has 0 amide bonds. The number of aromatic nitrogens is 2. The number of ketones is 1. The van der Waals surface area contributed by atoms with Crippen LogP contribution < -0.4 is 0 Å². The van der Waals surface area contributed by atoms with Gasteiger partial charge in [-0.15, -0.1) is 0 Å². The summed E-state index contributed by atoms with van der Waals surface area (Å²) in [5, 5.41) is 9.20. The molecule has 1 N–H and O–H groups in total. The van der Waals surface area contributed by atoms with Crippen molar-refractivity contribution in [3.63, 3.8) is 0 Å². The van der Waals surface area contributed by atoms with Crippen molar-refractivity contribution in [2.45, 2.75) is 39.7 Å². The fraction of sp³-hybridized carbons (Fsp3) is 0.286. The Morgan fingerprint density at radius 3 is 2.46 bits per heavy atom. The first-order valence-electron chi connectivity index (χ1n) is 8.64. The van der Waals surface area contributed by atoms with Crippen molar-refractivity contribution < 1.29 is 14.7 Å². The number of hydrogen-bond acceptors (Lipinski definition) is 3. The molecule has 1 atom stereocenters. The zero-order chi connectivity index (χ0) is 18.8. The zero-order valence-corrected chi connectivity index (χ0v) is 15.2. The number of Topliss-reactive ketones (excluding diaryl/α,β-unsaturated/α-hetero) is 1. The second-order valence-corrected chi connectivity index (χ2v) is 6.77. The number of nitrogens with zero attached hydrogens (tertiary/aromatic N) is 2. The van der Waals surface area contributed by atoms with Crippen molar-refractivity contribution in [3.05, 3.63) is 65.0 Å². The van der Waals surface area contributed by atoms with Gasteiger partial charge in [0, 0.05) is 18.0 Å². The molecule has 26 heavy (non-hydrogen) atoms. The quantitative estimate of drug-likeness (QED) is 0.677. The molecule has 0 radical (unpaired) electrons. The minimum absolute atomic E-state index is 0.0138. The maximum Gasteiger partial charge on any atom is 0.305 e. The third-order valence-corrected chi connectivity index (χ3v) is 4.56. The highest BCUT2D eigenvalue weighted by molar-refractivity contribution is 5.97. The number of carboxylic acids is 1. The summed E-state index contributed by atoms with van der Waals surface area (Å²) >= 11 is 0. The number of benzene rings is 2. The van der Waals surface area contributed by atoms with E-state index >= 15 is 0 Å². The van der Waals surface area contributed by atoms with Gasteiger partial charge in [-0.25, -0.2) is 4.98 Å². The van der Waals surface area contributed by atoms with Gasteiger partial charge in [0.15, 0.2) is 5.78 Å². The lowest BCUT2D eigenvalue weighted by Gasteiger charge is -2.16. The number of fused-ring (bicyclic) bond motifs is 1. The summed E-state index contributed by atoms with van der Waals surface area (Å²) in [6, 6.07) is 13.4. The summed E-state index contributed by atoms with van der Waals surface area (Å²) in [5.41, 5.74) is 4.48. The van der Waals surface area contributed by atoms with Gasteiger partial charge in [-0.1, -0.05) is 29.8 Å². The molecule has 0 spiro atoms. The van der Waals surface area contributed by atoms with Gasteiger partial charge in [-0.05, 0) is 44.5 Å². The highest BCUT2D eigenvalue weighted by Crippen LogP contribution is 2.26. The van der Waals surface area contributed by atoms with E-state index in [1.807, 2.05) is 24.5 Å². The Morgan fingerprint density at radius 2 is 1.85 bits per heavy atom. The molecule has 3 aromatic rings. The molecule has 1 unspecified atom stereocenters. The third-order valence-electron chi connectivity index (χ3n) is 4.56. The van der Waals surface area contributed by atoms with Gasteiger partial charge in [-0.2, -0.15) is 0 Å². The minimum Gasteiger partial charge on any atom is -0.481 e. The molecule has 0 saturated heterocycles. The van der Waals surface area contributed by atoms with Crippen molar-refractivity contribution in [1.82, 2.24) is 9.55 Å². The fourth-order valence-corrected chi connectivity index (χ4v) is 3.22. The van der Waals surface area contributed by atoms with Crippen molar-refractivity contribution in [3.8, 4) is 0 Å². The first-order valence-corrected chi connectivity index (χ1v) is 8.64. The standard InChI is InChI=1S/C21H22N2O3/c1-13-4-6-16(7-5-13)11-20-22-18-12-17(15(3)24)8-9-19(18)23(20)14(2)10-21(25)26/h4-9,12,14H,10-11H2,1-3H3,(H,25,26). The SMILES string of the molecule is CC(=O)c1ccc2c(c1)nc(Cc1ccc(C)cc1)n2C(C)CC(=O)O. The van der Waals surface area contributed by atoms with E-state index in [-0.39, 0.29) is 18.2 Å². The van der Waals surface area contributed by atoms with E-state index in [2.05, 4.69) is 24.3 Å². The van der Waals surface area contributed by atoms with Crippen LogP contribution in [0.15, 0.2) is 42.5 Å². The Labute approximate surface area is 152 Å². The number of carbonyl (C=O) groups excluding carboxylic acids is 1. The maximum atomic E-state index is 11.7. The summed E-state index contributed by atoms with van der Waals surface area (Å²) in [7, 11) is 0. The molecule has 2 aromatic carbocycles. The summed E-state index contributed by atoms with van der Waals surface area (Å²) in [6.07, 6.45) is 0.620. The molecule has 3 rings (SSSR count). The molecule has 1 aromatic heterocycles. The molecule has 1 heterocycles. The number of carboxylic acid groups (broad SMARTS) is 1. The van der Waals surface area contributed by atoms with E-state index < -0.39 is 5.97 Å². The van der Waals surface area contributed by atoms with Crippen LogP contribution in [-0.2, 0) is 11.2 Å². The van der Waals surface area contributed by atoms with E-state index in [0.717, 1.165) is 22.4 Å². The fourth-order valence-electron chi connectivity index (χ4n) is 3.22.